The lowest BCUT2D eigenvalue weighted by Gasteiger charge is -2.15. The Morgan fingerprint density at radius 1 is 0.958 bits per heavy atom. The Hall–Kier alpha value is -2.13. The Morgan fingerprint density at radius 3 is 2.17 bits per heavy atom. The van der Waals surface area contributed by atoms with Gasteiger partial charge in [0.2, 0.25) is 0 Å². The highest BCUT2D eigenvalue weighted by molar-refractivity contribution is 5.71. The molecule has 0 saturated heterocycles. The first-order valence-corrected chi connectivity index (χ1v) is 8.36. The number of carboxylic acid groups (broad SMARTS) is 1. The van der Waals surface area contributed by atoms with Crippen LogP contribution in [0.2, 0.25) is 0 Å². The van der Waals surface area contributed by atoms with Crippen molar-refractivity contribution < 1.29 is 9.90 Å². The van der Waals surface area contributed by atoms with E-state index in [1.54, 1.807) is 0 Å². The fraction of sp³-hybridized carbons (Fsp3) is 0.381. The number of carbonyl (C=O) groups is 1. The third kappa shape index (κ3) is 5.20. The van der Waals surface area contributed by atoms with Gasteiger partial charge in [-0.1, -0.05) is 37.3 Å². The van der Waals surface area contributed by atoms with Crippen molar-refractivity contribution in [3.05, 3.63) is 69.3 Å². The molecule has 3 nitrogen and oxygen atoms in total. The van der Waals surface area contributed by atoms with Crippen LogP contribution in [-0.4, -0.2) is 17.6 Å². The molecule has 0 unspecified atom stereocenters. The lowest BCUT2D eigenvalue weighted by atomic mass is 9.90. The van der Waals surface area contributed by atoms with Gasteiger partial charge in [-0.05, 0) is 79.6 Å². The quantitative estimate of drug-likeness (QED) is 0.888. The normalized spacial score (nSPS) is 10.1. The zero-order valence-electron chi connectivity index (χ0n) is 15.4. The van der Waals surface area contributed by atoms with Gasteiger partial charge in [-0.15, -0.1) is 0 Å². The second-order valence-electron chi connectivity index (χ2n) is 6.16. The van der Waals surface area contributed by atoms with E-state index in [9.17, 15) is 4.79 Å². The molecule has 2 aromatic carbocycles. The first-order valence-electron chi connectivity index (χ1n) is 8.36. The van der Waals surface area contributed by atoms with Crippen LogP contribution in [-0.2, 0) is 17.6 Å². The summed E-state index contributed by atoms with van der Waals surface area (Å²) in [6.45, 7) is 11.1. The lowest BCUT2D eigenvalue weighted by Crippen LogP contribution is -2.06. The lowest BCUT2D eigenvalue weighted by molar-refractivity contribution is -0.136. The fourth-order valence-corrected chi connectivity index (χ4v) is 2.74. The number of rotatable bonds is 4. The van der Waals surface area contributed by atoms with Crippen LogP contribution in [0, 0.1) is 27.7 Å². The molecule has 0 aliphatic rings. The van der Waals surface area contributed by atoms with Crippen LogP contribution in [0.15, 0.2) is 30.3 Å². The van der Waals surface area contributed by atoms with Crippen molar-refractivity contribution in [1.29, 1.82) is 0 Å². The van der Waals surface area contributed by atoms with Crippen LogP contribution >= 0.6 is 0 Å². The van der Waals surface area contributed by atoms with Gasteiger partial charge in [-0.3, -0.25) is 4.79 Å². The minimum Gasteiger partial charge on any atom is -0.481 e. The largest absolute Gasteiger partial charge is 0.481 e. The van der Waals surface area contributed by atoms with Gasteiger partial charge in [0.25, 0.3) is 0 Å². The maximum atomic E-state index is 11.1. The molecule has 130 valence electrons. The van der Waals surface area contributed by atoms with Crippen molar-refractivity contribution in [1.82, 2.24) is 0 Å². The predicted molar refractivity (Wildman–Crippen MR) is 101 cm³/mol. The van der Waals surface area contributed by atoms with Crippen LogP contribution in [0.3, 0.4) is 0 Å². The monoisotopic (exact) mass is 327 g/mol. The second-order valence-corrected chi connectivity index (χ2v) is 6.16. The average molecular weight is 327 g/mol. The minimum absolute atomic E-state index is 0.0842. The van der Waals surface area contributed by atoms with E-state index in [-0.39, 0.29) is 6.42 Å². The van der Waals surface area contributed by atoms with E-state index in [1.807, 2.05) is 19.1 Å². The number of carboxylic acids is 1. The zero-order valence-corrected chi connectivity index (χ0v) is 15.4. The van der Waals surface area contributed by atoms with E-state index in [1.165, 1.54) is 22.3 Å². The molecule has 3 N–H and O–H groups in total. The van der Waals surface area contributed by atoms with Crippen LogP contribution in [0.25, 0.3) is 0 Å². The summed E-state index contributed by atoms with van der Waals surface area (Å²) in [5, 5.41) is 9.08. The van der Waals surface area contributed by atoms with E-state index in [0.717, 1.165) is 29.7 Å². The summed E-state index contributed by atoms with van der Waals surface area (Å²) in [4.78, 5) is 11.1. The summed E-state index contributed by atoms with van der Waals surface area (Å²) >= 11 is 0. The maximum absolute atomic E-state index is 11.1. The van der Waals surface area contributed by atoms with Crippen LogP contribution in [0.4, 0.5) is 0 Å². The van der Waals surface area contributed by atoms with Crippen LogP contribution in [0.1, 0.15) is 45.9 Å². The Morgan fingerprint density at radius 2 is 1.58 bits per heavy atom. The molecular formula is C21H29NO2. The van der Waals surface area contributed by atoms with Gasteiger partial charge in [-0.25, -0.2) is 0 Å². The molecule has 2 aromatic rings. The van der Waals surface area contributed by atoms with Gasteiger partial charge in [0.05, 0.1) is 6.42 Å². The molecule has 0 spiro atoms. The van der Waals surface area contributed by atoms with Crippen molar-refractivity contribution in [3.8, 4) is 0 Å². The molecule has 0 heterocycles. The highest BCUT2D eigenvalue weighted by Gasteiger charge is 2.12. The number of hydrogen-bond acceptors (Lipinski definition) is 2. The second kappa shape index (κ2) is 9.24. The molecule has 0 fully saturated rings. The summed E-state index contributed by atoms with van der Waals surface area (Å²) in [5.74, 6) is -0.779. The smallest absolute Gasteiger partial charge is 0.307 e. The SMILES string of the molecule is CCN.Cc1ccc(Cc2c(C)cccc2CC(=O)O)c(C)c1C. The third-order valence-electron chi connectivity index (χ3n) is 4.39. The summed E-state index contributed by atoms with van der Waals surface area (Å²) in [7, 11) is 0. The van der Waals surface area contributed by atoms with Crippen LogP contribution in [0.5, 0.6) is 0 Å². The molecule has 0 aliphatic heterocycles. The molecule has 3 heteroatoms. The van der Waals surface area contributed by atoms with E-state index in [4.69, 9.17) is 10.8 Å². The zero-order chi connectivity index (χ0) is 18.3. The van der Waals surface area contributed by atoms with E-state index >= 15 is 0 Å². The number of nitrogens with two attached hydrogens (primary N) is 1. The summed E-state index contributed by atoms with van der Waals surface area (Å²) in [6.07, 6.45) is 0.878. The highest BCUT2D eigenvalue weighted by Crippen LogP contribution is 2.24. The number of benzene rings is 2. The van der Waals surface area contributed by atoms with Crippen molar-refractivity contribution in [2.75, 3.05) is 6.54 Å². The van der Waals surface area contributed by atoms with Crippen molar-refractivity contribution in [2.45, 2.75) is 47.5 Å². The van der Waals surface area contributed by atoms with Crippen molar-refractivity contribution in [2.24, 2.45) is 5.73 Å². The molecule has 0 aliphatic carbocycles. The summed E-state index contributed by atoms with van der Waals surface area (Å²) < 4.78 is 0. The number of aryl methyl sites for hydroxylation is 2. The molecular weight excluding hydrogens is 298 g/mol. The predicted octanol–water partition coefficient (Wildman–Crippen LogP) is 4.10. The Bertz CT molecular complexity index is 705. The molecule has 24 heavy (non-hydrogen) atoms. The van der Waals surface area contributed by atoms with Gasteiger partial charge in [-0.2, -0.15) is 0 Å². The van der Waals surface area contributed by atoms with Crippen molar-refractivity contribution in [3.63, 3.8) is 0 Å². The topological polar surface area (TPSA) is 63.3 Å². The Balaban J connectivity index is 0.000000891. The Kier molecular flexibility index (Phi) is 7.66. The van der Waals surface area contributed by atoms with Gasteiger partial charge in [0.15, 0.2) is 0 Å². The average Bonchev–Trinajstić information content (AvgIpc) is 2.51. The van der Waals surface area contributed by atoms with Crippen molar-refractivity contribution >= 4 is 5.97 Å². The molecule has 2 rings (SSSR count). The van der Waals surface area contributed by atoms with Gasteiger partial charge >= 0.3 is 5.97 Å². The molecule has 0 bridgehead atoms. The number of hydrogen-bond donors (Lipinski definition) is 2. The Labute approximate surface area is 145 Å². The fourth-order valence-electron chi connectivity index (χ4n) is 2.74. The standard InChI is InChI=1S/C19H22O2.C2H7N/c1-12-8-9-16(15(4)14(12)3)10-18-13(2)6-5-7-17(18)11-19(20)21;1-2-3/h5-9H,10-11H2,1-4H3,(H,20,21);2-3H2,1H3. The molecule has 0 saturated carbocycles. The van der Waals surface area contributed by atoms with Crippen LogP contribution < -0.4 is 5.73 Å². The highest BCUT2D eigenvalue weighted by atomic mass is 16.4. The summed E-state index contributed by atoms with van der Waals surface area (Å²) in [6, 6.07) is 10.2. The molecule has 0 atom stereocenters. The maximum Gasteiger partial charge on any atom is 0.307 e. The van der Waals surface area contributed by atoms with Gasteiger partial charge in [0, 0.05) is 0 Å². The third-order valence-corrected chi connectivity index (χ3v) is 4.39. The number of aliphatic carboxylic acids is 1. The minimum atomic E-state index is -0.779. The van der Waals surface area contributed by atoms with E-state index in [0.29, 0.717) is 0 Å². The van der Waals surface area contributed by atoms with Gasteiger partial charge < -0.3 is 10.8 Å². The van der Waals surface area contributed by atoms with E-state index < -0.39 is 5.97 Å². The first-order chi connectivity index (χ1) is 11.3. The summed E-state index contributed by atoms with van der Waals surface area (Å²) in [5.41, 5.74) is 13.3. The molecule has 0 radical (unpaired) electrons. The van der Waals surface area contributed by atoms with Gasteiger partial charge in [0.1, 0.15) is 0 Å². The van der Waals surface area contributed by atoms with E-state index in [2.05, 4.69) is 45.9 Å². The first kappa shape index (κ1) is 19.9. The molecule has 0 amide bonds. The molecule has 0 aromatic heterocycles.